The van der Waals surface area contributed by atoms with Gasteiger partial charge in [-0.15, -0.1) is 0 Å². The number of hydrogen-bond acceptors (Lipinski definition) is 3. The molecular formula is C15H24ClN3O. The van der Waals surface area contributed by atoms with Gasteiger partial charge in [0.15, 0.2) is 0 Å². The van der Waals surface area contributed by atoms with Gasteiger partial charge in [-0.2, -0.15) is 0 Å². The molecule has 0 fully saturated rings. The maximum Gasteiger partial charge on any atom is 0.255 e. The van der Waals surface area contributed by atoms with Crippen LogP contribution in [-0.4, -0.2) is 35.9 Å². The fourth-order valence-electron chi connectivity index (χ4n) is 1.71. The van der Waals surface area contributed by atoms with Crippen molar-refractivity contribution in [3.8, 4) is 0 Å². The normalized spacial score (nSPS) is 10.7. The van der Waals surface area contributed by atoms with Crippen LogP contribution in [-0.2, 0) is 0 Å². The lowest BCUT2D eigenvalue weighted by Gasteiger charge is -2.19. The number of amides is 1. The van der Waals surface area contributed by atoms with Crippen LogP contribution in [0.1, 0.15) is 44.0 Å². The van der Waals surface area contributed by atoms with E-state index in [4.69, 9.17) is 11.6 Å². The van der Waals surface area contributed by atoms with Gasteiger partial charge in [-0.1, -0.05) is 32.4 Å². The van der Waals surface area contributed by atoms with E-state index in [0.29, 0.717) is 22.3 Å². The van der Waals surface area contributed by atoms with Crippen molar-refractivity contribution in [2.75, 3.05) is 25.5 Å². The minimum absolute atomic E-state index is 0.0578. The molecule has 0 unspecified atom stereocenters. The summed E-state index contributed by atoms with van der Waals surface area (Å²) in [6.07, 6.45) is 3.51. The molecule has 0 aromatic carbocycles. The van der Waals surface area contributed by atoms with E-state index in [1.807, 2.05) is 0 Å². The molecule has 20 heavy (non-hydrogen) atoms. The quantitative estimate of drug-likeness (QED) is 0.835. The number of carbonyl (C=O) groups is 1. The Kier molecular flexibility index (Phi) is 6.79. The third-order valence-electron chi connectivity index (χ3n) is 3.03. The number of aromatic nitrogens is 1. The van der Waals surface area contributed by atoms with Crippen LogP contribution in [0.25, 0.3) is 0 Å². The highest BCUT2D eigenvalue weighted by molar-refractivity contribution is 6.33. The Morgan fingerprint density at radius 2 is 2.20 bits per heavy atom. The van der Waals surface area contributed by atoms with Gasteiger partial charge in [0.2, 0.25) is 0 Å². The molecular weight excluding hydrogens is 274 g/mol. The molecule has 0 bridgehead atoms. The molecule has 1 aromatic rings. The summed E-state index contributed by atoms with van der Waals surface area (Å²) in [6.45, 7) is 7.92. The van der Waals surface area contributed by atoms with Crippen molar-refractivity contribution in [3.05, 3.63) is 22.8 Å². The van der Waals surface area contributed by atoms with Crippen molar-refractivity contribution in [1.29, 1.82) is 0 Å². The zero-order valence-electron chi connectivity index (χ0n) is 12.7. The van der Waals surface area contributed by atoms with E-state index in [9.17, 15) is 4.79 Å². The minimum Gasteiger partial charge on any atom is -0.370 e. The average molecular weight is 298 g/mol. The van der Waals surface area contributed by atoms with Gasteiger partial charge in [0.05, 0.1) is 10.6 Å². The first-order chi connectivity index (χ1) is 9.45. The number of carbonyl (C=O) groups excluding carboxylic acids is 1. The molecule has 1 heterocycles. The van der Waals surface area contributed by atoms with Crippen LogP contribution in [0.5, 0.6) is 0 Å². The number of hydrogen-bond donors (Lipinski definition) is 1. The fourth-order valence-corrected chi connectivity index (χ4v) is 1.90. The van der Waals surface area contributed by atoms with Crippen LogP contribution in [0.2, 0.25) is 5.02 Å². The number of nitrogens with one attached hydrogen (secondary N) is 1. The predicted molar refractivity (Wildman–Crippen MR) is 84.4 cm³/mol. The summed E-state index contributed by atoms with van der Waals surface area (Å²) >= 11 is 6.09. The summed E-state index contributed by atoms with van der Waals surface area (Å²) < 4.78 is 0. The minimum atomic E-state index is -0.0578. The van der Waals surface area contributed by atoms with E-state index in [1.165, 1.54) is 6.20 Å². The third kappa shape index (κ3) is 5.00. The van der Waals surface area contributed by atoms with Gasteiger partial charge in [0.1, 0.15) is 5.82 Å². The molecule has 0 saturated heterocycles. The van der Waals surface area contributed by atoms with Crippen LogP contribution in [0, 0.1) is 5.92 Å². The van der Waals surface area contributed by atoms with Crippen LogP contribution in [0.15, 0.2) is 12.3 Å². The highest BCUT2D eigenvalue weighted by Crippen LogP contribution is 2.20. The van der Waals surface area contributed by atoms with E-state index in [0.717, 1.165) is 25.9 Å². The number of halogens is 1. The molecule has 1 amide bonds. The van der Waals surface area contributed by atoms with Gasteiger partial charge in [-0.05, 0) is 24.8 Å². The molecule has 1 N–H and O–H groups in total. The smallest absolute Gasteiger partial charge is 0.255 e. The second-order valence-corrected chi connectivity index (χ2v) is 5.79. The zero-order valence-corrected chi connectivity index (χ0v) is 13.5. The van der Waals surface area contributed by atoms with E-state index in [1.54, 1.807) is 18.0 Å². The lowest BCUT2D eigenvalue weighted by molar-refractivity contribution is 0.0789. The van der Waals surface area contributed by atoms with Gasteiger partial charge < -0.3 is 10.2 Å². The van der Waals surface area contributed by atoms with Crippen molar-refractivity contribution >= 4 is 23.3 Å². The molecule has 0 spiro atoms. The monoisotopic (exact) mass is 297 g/mol. The molecule has 112 valence electrons. The second kappa shape index (κ2) is 8.10. The summed E-state index contributed by atoms with van der Waals surface area (Å²) in [5, 5.41) is 3.56. The Labute approximate surface area is 126 Å². The first-order valence-electron chi connectivity index (χ1n) is 7.10. The first-order valence-corrected chi connectivity index (χ1v) is 7.48. The Morgan fingerprint density at radius 1 is 1.50 bits per heavy atom. The molecule has 5 heteroatoms. The number of anilines is 1. The van der Waals surface area contributed by atoms with Crippen molar-refractivity contribution < 1.29 is 4.79 Å². The average Bonchev–Trinajstić information content (AvgIpc) is 2.43. The summed E-state index contributed by atoms with van der Waals surface area (Å²) in [5.41, 5.74) is 0.506. The summed E-state index contributed by atoms with van der Waals surface area (Å²) in [7, 11) is 1.81. The first kappa shape index (κ1) is 16.8. The van der Waals surface area contributed by atoms with Crippen molar-refractivity contribution in [1.82, 2.24) is 9.88 Å². The van der Waals surface area contributed by atoms with Crippen LogP contribution >= 0.6 is 11.6 Å². The van der Waals surface area contributed by atoms with Crippen molar-refractivity contribution in [3.63, 3.8) is 0 Å². The fraction of sp³-hybridized carbons (Fsp3) is 0.600. The van der Waals surface area contributed by atoms with Crippen LogP contribution < -0.4 is 5.32 Å². The molecule has 0 radical (unpaired) electrons. The van der Waals surface area contributed by atoms with E-state index in [2.05, 4.69) is 31.1 Å². The summed E-state index contributed by atoms with van der Waals surface area (Å²) in [5.74, 6) is 1.20. The molecule has 0 aliphatic heterocycles. The number of pyridine rings is 1. The van der Waals surface area contributed by atoms with E-state index >= 15 is 0 Å². The molecule has 1 rings (SSSR count). The van der Waals surface area contributed by atoms with Gasteiger partial charge in [0, 0.05) is 26.3 Å². The highest BCUT2D eigenvalue weighted by Gasteiger charge is 2.16. The standard InChI is InChI=1S/C15H24ClN3O/c1-5-7-17-14-9-12(13(16)10-18-14)15(20)19(4)8-6-11(2)3/h9-11H,5-8H2,1-4H3,(H,17,18). The highest BCUT2D eigenvalue weighted by atomic mass is 35.5. The topological polar surface area (TPSA) is 45.2 Å². The molecule has 0 aliphatic carbocycles. The molecule has 0 saturated carbocycles. The maximum absolute atomic E-state index is 12.4. The third-order valence-corrected chi connectivity index (χ3v) is 3.33. The summed E-state index contributed by atoms with van der Waals surface area (Å²) in [4.78, 5) is 18.3. The maximum atomic E-state index is 12.4. The van der Waals surface area contributed by atoms with Crippen molar-refractivity contribution in [2.24, 2.45) is 5.92 Å². The largest absolute Gasteiger partial charge is 0.370 e. The van der Waals surface area contributed by atoms with Gasteiger partial charge in [0.25, 0.3) is 5.91 Å². The number of rotatable bonds is 7. The van der Waals surface area contributed by atoms with E-state index < -0.39 is 0 Å². The lowest BCUT2D eigenvalue weighted by atomic mass is 10.1. The van der Waals surface area contributed by atoms with Gasteiger partial charge in [-0.25, -0.2) is 4.98 Å². The Morgan fingerprint density at radius 3 is 2.80 bits per heavy atom. The van der Waals surface area contributed by atoms with Gasteiger partial charge in [-0.3, -0.25) is 4.79 Å². The number of nitrogens with zero attached hydrogens (tertiary/aromatic N) is 2. The molecule has 0 aliphatic rings. The second-order valence-electron chi connectivity index (χ2n) is 5.39. The molecule has 1 aromatic heterocycles. The van der Waals surface area contributed by atoms with E-state index in [-0.39, 0.29) is 5.91 Å². The van der Waals surface area contributed by atoms with Crippen molar-refractivity contribution in [2.45, 2.75) is 33.6 Å². The Hall–Kier alpha value is -1.29. The molecule has 0 atom stereocenters. The Balaban J connectivity index is 2.80. The van der Waals surface area contributed by atoms with Crippen LogP contribution in [0.4, 0.5) is 5.82 Å². The van der Waals surface area contributed by atoms with Crippen LogP contribution in [0.3, 0.4) is 0 Å². The SMILES string of the molecule is CCCNc1cc(C(=O)N(C)CCC(C)C)c(Cl)cn1. The Bertz CT molecular complexity index is 449. The molecule has 4 nitrogen and oxygen atoms in total. The van der Waals surface area contributed by atoms with Gasteiger partial charge >= 0.3 is 0 Å². The summed E-state index contributed by atoms with van der Waals surface area (Å²) in [6, 6.07) is 1.73. The predicted octanol–water partition coefficient (Wildman–Crippen LogP) is 3.68. The lowest BCUT2D eigenvalue weighted by Crippen LogP contribution is -2.28. The zero-order chi connectivity index (χ0) is 15.1.